The molecule has 0 aliphatic rings. The van der Waals surface area contributed by atoms with Gasteiger partial charge in [0.25, 0.3) is 0 Å². The van der Waals surface area contributed by atoms with E-state index in [-0.39, 0.29) is 5.15 Å². The molecule has 0 aliphatic heterocycles. The Kier molecular flexibility index (Phi) is 2.88. The Morgan fingerprint density at radius 3 is 2.36 bits per heavy atom. The average Bonchev–Trinajstić information content (AvgIpc) is 2.07. The molecule has 0 amide bonds. The van der Waals surface area contributed by atoms with Crippen molar-refractivity contribution in [3.05, 3.63) is 27.5 Å². The molecule has 0 saturated carbocycles. The van der Waals surface area contributed by atoms with Crippen LogP contribution in [0.2, 0.25) is 10.2 Å². The lowest BCUT2D eigenvalue weighted by molar-refractivity contribution is -0.138. The summed E-state index contributed by atoms with van der Waals surface area (Å²) in [5.74, 6) is 0. The molecule has 0 unspecified atom stereocenters. The minimum atomic E-state index is -4.66. The second-order valence-corrected chi connectivity index (χ2v) is 3.00. The summed E-state index contributed by atoms with van der Waals surface area (Å²) in [7, 11) is 0. The number of nitrogens with zero attached hydrogens (tertiary/aromatic N) is 2. The van der Waals surface area contributed by atoms with E-state index in [0.29, 0.717) is 6.20 Å². The van der Waals surface area contributed by atoms with Gasteiger partial charge in [-0.2, -0.15) is 18.4 Å². The van der Waals surface area contributed by atoms with E-state index in [0.717, 1.165) is 0 Å². The van der Waals surface area contributed by atoms with Crippen molar-refractivity contribution in [1.29, 1.82) is 5.26 Å². The number of rotatable bonds is 0. The fourth-order valence-electron chi connectivity index (χ4n) is 0.788. The first-order valence-corrected chi connectivity index (χ1v) is 3.94. The zero-order chi connectivity index (χ0) is 10.9. The number of hydrogen-bond donors (Lipinski definition) is 0. The topological polar surface area (TPSA) is 36.7 Å². The molecule has 1 rings (SSSR count). The van der Waals surface area contributed by atoms with Gasteiger partial charge in [-0.1, -0.05) is 23.2 Å². The molecule has 74 valence electrons. The van der Waals surface area contributed by atoms with Gasteiger partial charge in [0.15, 0.2) is 0 Å². The lowest BCUT2D eigenvalue weighted by Gasteiger charge is -2.09. The van der Waals surface area contributed by atoms with Crippen molar-refractivity contribution in [1.82, 2.24) is 4.98 Å². The molecule has 0 aliphatic carbocycles. The second-order valence-electron chi connectivity index (χ2n) is 2.26. The summed E-state index contributed by atoms with van der Waals surface area (Å²) >= 11 is 10.7. The Hall–Kier alpha value is -0.990. The molecule has 2 nitrogen and oxygen atoms in total. The predicted octanol–water partition coefficient (Wildman–Crippen LogP) is 3.28. The molecule has 1 heterocycles. The van der Waals surface area contributed by atoms with Crippen LogP contribution in [0.3, 0.4) is 0 Å². The number of alkyl halides is 3. The largest absolute Gasteiger partial charge is 0.419 e. The van der Waals surface area contributed by atoms with Gasteiger partial charge in [-0.05, 0) is 0 Å². The fraction of sp³-hybridized carbons (Fsp3) is 0.143. The summed E-state index contributed by atoms with van der Waals surface area (Å²) in [5, 5.41) is 7.66. The molecule has 0 bridgehead atoms. The first-order chi connectivity index (χ1) is 6.38. The SMILES string of the molecule is N#Cc1c(C(F)(F)F)cnc(Cl)c1Cl. The van der Waals surface area contributed by atoms with E-state index in [1.165, 1.54) is 6.07 Å². The van der Waals surface area contributed by atoms with Crippen molar-refractivity contribution >= 4 is 23.2 Å². The monoisotopic (exact) mass is 240 g/mol. The highest BCUT2D eigenvalue weighted by Gasteiger charge is 2.35. The van der Waals surface area contributed by atoms with Crippen molar-refractivity contribution in [3.63, 3.8) is 0 Å². The van der Waals surface area contributed by atoms with Crippen LogP contribution in [0.1, 0.15) is 11.1 Å². The summed E-state index contributed by atoms with van der Waals surface area (Å²) in [4.78, 5) is 3.22. The standard InChI is InChI=1S/C7HCl2F3N2/c8-5-3(1-13)4(7(10,11)12)2-14-6(5)9/h2H. The Morgan fingerprint density at radius 2 is 1.93 bits per heavy atom. The van der Waals surface area contributed by atoms with Crippen LogP contribution in [-0.2, 0) is 6.18 Å². The van der Waals surface area contributed by atoms with Crippen molar-refractivity contribution in [2.75, 3.05) is 0 Å². The third kappa shape index (κ3) is 1.91. The van der Waals surface area contributed by atoms with Crippen LogP contribution in [-0.4, -0.2) is 4.98 Å². The molecule has 0 saturated heterocycles. The molecule has 0 spiro atoms. The summed E-state index contributed by atoms with van der Waals surface area (Å²) in [6, 6.07) is 1.33. The molecular formula is C7HCl2F3N2. The molecule has 0 atom stereocenters. The van der Waals surface area contributed by atoms with E-state index < -0.39 is 22.3 Å². The zero-order valence-corrected chi connectivity index (χ0v) is 7.87. The molecule has 1 aromatic heterocycles. The number of halogens is 5. The normalized spacial score (nSPS) is 11.1. The van der Waals surface area contributed by atoms with E-state index in [9.17, 15) is 13.2 Å². The highest BCUT2D eigenvalue weighted by Crippen LogP contribution is 2.36. The van der Waals surface area contributed by atoms with Crippen molar-refractivity contribution in [2.24, 2.45) is 0 Å². The molecule has 0 N–H and O–H groups in total. The van der Waals surface area contributed by atoms with Crippen molar-refractivity contribution in [3.8, 4) is 6.07 Å². The van der Waals surface area contributed by atoms with Crippen LogP contribution in [0.5, 0.6) is 0 Å². The summed E-state index contributed by atoms with van der Waals surface area (Å²) in [6.07, 6.45) is -4.18. The van der Waals surface area contributed by atoms with Gasteiger partial charge >= 0.3 is 6.18 Å². The maximum absolute atomic E-state index is 12.3. The van der Waals surface area contributed by atoms with E-state index in [1.54, 1.807) is 0 Å². The van der Waals surface area contributed by atoms with E-state index in [2.05, 4.69) is 4.98 Å². The Bertz CT molecular complexity index is 409. The van der Waals surface area contributed by atoms with Crippen LogP contribution in [0.15, 0.2) is 6.20 Å². The second kappa shape index (κ2) is 3.64. The highest BCUT2D eigenvalue weighted by molar-refractivity contribution is 6.41. The van der Waals surface area contributed by atoms with Crippen LogP contribution in [0.25, 0.3) is 0 Å². The number of pyridine rings is 1. The maximum Gasteiger partial charge on any atom is 0.419 e. The first-order valence-electron chi connectivity index (χ1n) is 3.19. The van der Waals surface area contributed by atoms with Gasteiger partial charge in [0.2, 0.25) is 0 Å². The highest BCUT2D eigenvalue weighted by atomic mass is 35.5. The molecule has 14 heavy (non-hydrogen) atoms. The van der Waals surface area contributed by atoms with Crippen molar-refractivity contribution < 1.29 is 13.2 Å². The van der Waals surface area contributed by atoms with E-state index in [1.807, 2.05) is 0 Å². The summed E-state index contributed by atoms with van der Waals surface area (Å²) < 4.78 is 36.8. The van der Waals surface area contributed by atoms with E-state index in [4.69, 9.17) is 28.5 Å². The van der Waals surface area contributed by atoms with Crippen LogP contribution in [0, 0.1) is 11.3 Å². The van der Waals surface area contributed by atoms with Crippen LogP contribution in [0.4, 0.5) is 13.2 Å². The molecule has 0 radical (unpaired) electrons. The summed E-state index contributed by atoms with van der Waals surface area (Å²) in [5.41, 5.74) is -1.89. The summed E-state index contributed by atoms with van der Waals surface area (Å²) in [6.45, 7) is 0. The predicted molar refractivity (Wildman–Crippen MR) is 44.0 cm³/mol. The molecule has 7 heteroatoms. The van der Waals surface area contributed by atoms with Crippen molar-refractivity contribution in [2.45, 2.75) is 6.18 Å². The number of nitriles is 1. The van der Waals surface area contributed by atoms with Crippen LogP contribution >= 0.6 is 23.2 Å². The first kappa shape index (κ1) is 11.1. The smallest absolute Gasteiger partial charge is 0.242 e. The van der Waals surface area contributed by atoms with Gasteiger partial charge in [0.1, 0.15) is 11.2 Å². The quantitative estimate of drug-likeness (QED) is 0.653. The minimum absolute atomic E-state index is 0.323. The third-order valence-electron chi connectivity index (χ3n) is 1.39. The minimum Gasteiger partial charge on any atom is -0.242 e. The third-order valence-corrected chi connectivity index (χ3v) is 2.15. The van der Waals surface area contributed by atoms with Gasteiger partial charge in [-0.3, -0.25) is 0 Å². The lowest BCUT2D eigenvalue weighted by Crippen LogP contribution is -2.09. The van der Waals surface area contributed by atoms with Gasteiger partial charge in [0, 0.05) is 6.20 Å². The Balaban J connectivity index is 3.49. The van der Waals surface area contributed by atoms with E-state index >= 15 is 0 Å². The number of aromatic nitrogens is 1. The lowest BCUT2D eigenvalue weighted by atomic mass is 10.1. The fourth-order valence-corrected chi connectivity index (χ4v) is 1.12. The van der Waals surface area contributed by atoms with Gasteiger partial charge < -0.3 is 0 Å². The average molecular weight is 241 g/mol. The molecule has 1 aromatic rings. The van der Waals surface area contributed by atoms with Gasteiger partial charge in [0.05, 0.1) is 16.1 Å². The molecule has 0 aromatic carbocycles. The van der Waals surface area contributed by atoms with Crippen LogP contribution < -0.4 is 0 Å². The van der Waals surface area contributed by atoms with Gasteiger partial charge in [-0.25, -0.2) is 4.98 Å². The number of hydrogen-bond acceptors (Lipinski definition) is 2. The Morgan fingerprint density at radius 1 is 1.36 bits per heavy atom. The molecule has 0 fully saturated rings. The zero-order valence-electron chi connectivity index (χ0n) is 6.36. The maximum atomic E-state index is 12.3. The van der Waals surface area contributed by atoms with Gasteiger partial charge in [-0.15, -0.1) is 0 Å². The Labute approximate surface area is 86.9 Å². The molecular weight excluding hydrogens is 240 g/mol.